The Bertz CT molecular complexity index is 673. The van der Waals surface area contributed by atoms with Gasteiger partial charge in [-0.1, -0.05) is 12.1 Å². The van der Waals surface area contributed by atoms with Crippen LogP contribution in [0, 0.1) is 6.92 Å². The van der Waals surface area contributed by atoms with Crippen molar-refractivity contribution < 1.29 is 0 Å². The third-order valence-electron chi connectivity index (χ3n) is 2.97. The number of rotatable bonds is 5. The zero-order valence-electron chi connectivity index (χ0n) is 11.3. The number of nitrogens with zero attached hydrogens (tertiary/aromatic N) is 3. The molecule has 1 N–H and O–H groups in total. The molecule has 2 aromatic heterocycles. The van der Waals surface area contributed by atoms with Crippen LogP contribution in [0.15, 0.2) is 48.1 Å². The Balaban J connectivity index is 1.65. The van der Waals surface area contributed by atoms with Gasteiger partial charge in [-0.05, 0) is 30.7 Å². The van der Waals surface area contributed by atoms with Gasteiger partial charge >= 0.3 is 0 Å². The molecule has 0 aliphatic heterocycles. The van der Waals surface area contributed by atoms with Gasteiger partial charge in [0.2, 0.25) is 0 Å². The molecule has 20 heavy (non-hydrogen) atoms. The van der Waals surface area contributed by atoms with Crippen molar-refractivity contribution in [2.45, 2.75) is 20.0 Å². The third kappa shape index (κ3) is 3.24. The molecular weight excluding hydrogens is 268 g/mol. The zero-order valence-corrected chi connectivity index (χ0v) is 12.1. The number of nitrogens with one attached hydrogen (secondary N) is 1. The van der Waals surface area contributed by atoms with Gasteiger partial charge in [0.15, 0.2) is 0 Å². The summed E-state index contributed by atoms with van der Waals surface area (Å²) in [6.45, 7) is 3.58. The highest BCUT2D eigenvalue weighted by Gasteiger charge is 2.00. The van der Waals surface area contributed by atoms with Crippen LogP contribution in [0.2, 0.25) is 0 Å². The predicted molar refractivity (Wildman–Crippen MR) is 81.9 cm³/mol. The average molecular weight is 284 g/mol. The lowest BCUT2D eigenvalue weighted by Crippen LogP contribution is -2.03. The minimum atomic E-state index is 0.759. The van der Waals surface area contributed by atoms with Crippen molar-refractivity contribution in [2.75, 3.05) is 5.32 Å². The van der Waals surface area contributed by atoms with E-state index in [9.17, 15) is 0 Å². The molecule has 3 rings (SSSR count). The Labute approximate surface area is 122 Å². The van der Waals surface area contributed by atoms with Crippen LogP contribution in [0.3, 0.4) is 0 Å². The number of thiazole rings is 1. The second kappa shape index (κ2) is 5.88. The van der Waals surface area contributed by atoms with Gasteiger partial charge < -0.3 is 5.32 Å². The minimum absolute atomic E-state index is 0.759. The fourth-order valence-electron chi connectivity index (χ4n) is 2.04. The standard InChI is InChI=1S/C15H16N4S/c1-12-18-15(11-20-12)9-16-14-5-2-4-13(8-14)10-19-7-3-6-17-19/h2-8,11,16H,9-10H2,1H3. The molecule has 0 saturated heterocycles. The van der Waals surface area contributed by atoms with E-state index in [-0.39, 0.29) is 0 Å². The van der Waals surface area contributed by atoms with Gasteiger partial charge in [0, 0.05) is 23.5 Å². The van der Waals surface area contributed by atoms with Crippen molar-refractivity contribution in [3.63, 3.8) is 0 Å². The molecule has 0 bridgehead atoms. The molecule has 1 aromatic carbocycles. The van der Waals surface area contributed by atoms with Gasteiger partial charge in [-0.3, -0.25) is 4.68 Å². The van der Waals surface area contributed by atoms with Crippen LogP contribution in [0.25, 0.3) is 0 Å². The molecule has 0 fully saturated rings. The van der Waals surface area contributed by atoms with Gasteiger partial charge in [0.05, 0.1) is 23.8 Å². The summed E-state index contributed by atoms with van der Waals surface area (Å²) in [7, 11) is 0. The van der Waals surface area contributed by atoms with E-state index in [1.165, 1.54) is 5.56 Å². The summed E-state index contributed by atoms with van der Waals surface area (Å²) in [6.07, 6.45) is 3.77. The molecule has 4 nitrogen and oxygen atoms in total. The van der Waals surface area contributed by atoms with E-state index in [1.54, 1.807) is 17.5 Å². The molecule has 5 heteroatoms. The lowest BCUT2D eigenvalue weighted by Gasteiger charge is -2.07. The molecule has 0 atom stereocenters. The first kappa shape index (κ1) is 12.9. The minimum Gasteiger partial charge on any atom is -0.379 e. The quantitative estimate of drug-likeness (QED) is 0.781. The summed E-state index contributed by atoms with van der Waals surface area (Å²) in [4.78, 5) is 4.45. The number of benzene rings is 1. The van der Waals surface area contributed by atoms with E-state index in [4.69, 9.17) is 0 Å². The molecule has 0 spiro atoms. The van der Waals surface area contributed by atoms with Crippen LogP contribution in [0.4, 0.5) is 5.69 Å². The summed E-state index contributed by atoms with van der Waals surface area (Å²) in [5.74, 6) is 0. The van der Waals surface area contributed by atoms with Crippen LogP contribution >= 0.6 is 11.3 Å². The first-order valence-electron chi connectivity index (χ1n) is 6.51. The molecule has 102 valence electrons. The SMILES string of the molecule is Cc1nc(CNc2cccc(Cn3cccn3)c2)cs1. The predicted octanol–water partition coefficient (Wildman–Crippen LogP) is 3.31. The summed E-state index contributed by atoms with van der Waals surface area (Å²) in [5, 5.41) is 10.8. The van der Waals surface area contributed by atoms with Gasteiger partial charge in [0.1, 0.15) is 0 Å². The van der Waals surface area contributed by atoms with Crippen molar-refractivity contribution in [2.24, 2.45) is 0 Å². The lowest BCUT2D eigenvalue weighted by molar-refractivity contribution is 0.687. The monoisotopic (exact) mass is 284 g/mol. The van der Waals surface area contributed by atoms with Crippen molar-refractivity contribution in [1.82, 2.24) is 14.8 Å². The van der Waals surface area contributed by atoms with Crippen molar-refractivity contribution in [3.05, 3.63) is 64.4 Å². The second-order valence-corrected chi connectivity index (χ2v) is 5.68. The molecule has 0 aliphatic rings. The second-order valence-electron chi connectivity index (χ2n) is 4.62. The molecule has 0 unspecified atom stereocenters. The maximum Gasteiger partial charge on any atom is 0.0898 e. The maximum atomic E-state index is 4.45. The van der Waals surface area contributed by atoms with Crippen molar-refractivity contribution in [3.8, 4) is 0 Å². The maximum absolute atomic E-state index is 4.45. The number of hydrogen-bond acceptors (Lipinski definition) is 4. The van der Waals surface area contributed by atoms with Crippen LogP contribution in [-0.2, 0) is 13.1 Å². The van der Waals surface area contributed by atoms with E-state index in [0.717, 1.165) is 29.5 Å². The highest BCUT2D eigenvalue weighted by molar-refractivity contribution is 7.09. The molecule has 3 aromatic rings. The molecule has 0 saturated carbocycles. The zero-order chi connectivity index (χ0) is 13.8. The summed E-state index contributed by atoms with van der Waals surface area (Å²) in [5.41, 5.74) is 3.43. The molecule has 0 aliphatic carbocycles. The summed E-state index contributed by atoms with van der Waals surface area (Å²) < 4.78 is 1.92. The largest absolute Gasteiger partial charge is 0.379 e. The molecule has 2 heterocycles. The average Bonchev–Trinajstić information content (AvgIpc) is 3.09. The van der Waals surface area contributed by atoms with E-state index < -0.39 is 0 Å². The first-order chi connectivity index (χ1) is 9.79. The van der Waals surface area contributed by atoms with Crippen molar-refractivity contribution in [1.29, 1.82) is 0 Å². The number of aryl methyl sites for hydroxylation is 1. The topological polar surface area (TPSA) is 42.7 Å². The number of hydrogen-bond donors (Lipinski definition) is 1. The van der Waals surface area contributed by atoms with E-state index in [0.29, 0.717) is 0 Å². The van der Waals surface area contributed by atoms with Gasteiger partial charge in [-0.15, -0.1) is 11.3 Å². The van der Waals surface area contributed by atoms with E-state index in [1.807, 2.05) is 23.9 Å². The van der Waals surface area contributed by atoms with Crippen LogP contribution < -0.4 is 5.32 Å². The van der Waals surface area contributed by atoms with E-state index in [2.05, 4.69) is 45.0 Å². The summed E-state index contributed by atoms with van der Waals surface area (Å²) >= 11 is 1.68. The fraction of sp³-hybridized carbons (Fsp3) is 0.200. The lowest BCUT2D eigenvalue weighted by atomic mass is 10.2. The number of anilines is 1. The van der Waals surface area contributed by atoms with Crippen LogP contribution in [0.1, 0.15) is 16.3 Å². The first-order valence-corrected chi connectivity index (χ1v) is 7.39. The van der Waals surface area contributed by atoms with Crippen LogP contribution in [0.5, 0.6) is 0 Å². The smallest absolute Gasteiger partial charge is 0.0898 e. The van der Waals surface area contributed by atoms with Gasteiger partial charge in [-0.2, -0.15) is 5.10 Å². The van der Waals surface area contributed by atoms with Gasteiger partial charge in [-0.25, -0.2) is 4.98 Å². The molecule has 0 radical (unpaired) electrons. The Morgan fingerprint density at radius 3 is 3.00 bits per heavy atom. The Morgan fingerprint density at radius 1 is 1.30 bits per heavy atom. The van der Waals surface area contributed by atoms with Gasteiger partial charge in [0.25, 0.3) is 0 Å². The van der Waals surface area contributed by atoms with Crippen molar-refractivity contribution >= 4 is 17.0 Å². The molecule has 0 amide bonds. The highest BCUT2D eigenvalue weighted by atomic mass is 32.1. The molecular formula is C15H16N4S. The third-order valence-corrected chi connectivity index (χ3v) is 3.79. The normalized spacial score (nSPS) is 10.7. The Morgan fingerprint density at radius 2 is 2.25 bits per heavy atom. The Hall–Kier alpha value is -2.14. The summed E-state index contributed by atoms with van der Waals surface area (Å²) in [6, 6.07) is 10.3. The fourth-order valence-corrected chi connectivity index (χ4v) is 2.66. The van der Waals surface area contributed by atoms with E-state index >= 15 is 0 Å². The number of aromatic nitrogens is 3. The van der Waals surface area contributed by atoms with Crippen LogP contribution in [-0.4, -0.2) is 14.8 Å². The highest BCUT2D eigenvalue weighted by Crippen LogP contribution is 2.14. The Kier molecular flexibility index (Phi) is 3.78.